The van der Waals surface area contributed by atoms with Crippen molar-refractivity contribution >= 4 is 5.69 Å². The number of piperidine rings is 1. The van der Waals surface area contributed by atoms with Gasteiger partial charge in [-0.1, -0.05) is 13.0 Å². The Hall–Kier alpha value is -1.22. The van der Waals surface area contributed by atoms with Gasteiger partial charge in [0, 0.05) is 24.3 Å². The Bertz CT molecular complexity index is 408. The fourth-order valence-corrected chi connectivity index (χ4v) is 3.01. The van der Waals surface area contributed by atoms with E-state index >= 15 is 0 Å². The molecule has 2 unspecified atom stereocenters. The topological polar surface area (TPSA) is 24.5 Å². The SMILES string of the molecule is CCOc1cccc(NC(C)C2CCCN(CC)C2)c1. The molecule has 0 aromatic heterocycles. The van der Waals surface area contributed by atoms with Crippen LogP contribution < -0.4 is 10.1 Å². The first-order valence-electron chi connectivity index (χ1n) is 7.94. The quantitative estimate of drug-likeness (QED) is 0.859. The third-order valence-electron chi connectivity index (χ3n) is 4.24. The maximum absolute atomic E-state index is 5.56. The number of hydrogen-bond donors (Lipinski definition) is 1. The van der Waals surface area contributed by atoms with Crippen LogP contribution in [0, 0.1) is 5.92 Å². The summed E-state index contributed by atoms with van der Waals surface area (Å²) in [6.45, 7) is 10.9. The lowest BCUT2D eigenvalue weighted by Gasteiger charge is -2.35. The molecular formula is C17H28N2O. The summed E-state index contributed by atoms with van der Waals surface area (Å²) in [7, 11) is 0. The molecule has 0 aliphatic carbocycles. The number of nitrogens with zero attached hydrogens (tertiary/aromatic N) is 1. The molecular weight excluding hydrogens is 248 g/mol. The van der Waals surface area contributed by atoms with Crippen LogP contribution in [0.4, 0.5) is 5.69 Å². The smallest absolute Gasteiger partial charge is 0.121 e. The fraction of sp³-hybridized carbons (Fsp3) is 0.647. The summed E-state index contributed by atoms with van der Waals surface area (Å²) in [5.41, 5.74) is 1.16. The number of rotatable bonds is 6. The van der Waals surface area contributed by atoms with Crippen molar-refractivity contribution in [2.45, 2.75) is 39.7 Å². The van der Waals surface area contributed by atoms with Gasteiger partial charge in [-0.15, -0.1) is 0 Å². The molecule has 0 amide bonds. The van der Waals surface area contributed by atoms with Gasteiger partial charge in [-0.2, -0.15) is 0 Å². The van der Waals surface area contributed by atoms with E-state index in [2.05, 4.69) is 42.3 Å². The Morgan fingerprint density at radius 2 is 2.25 bits per heavy atom. The van der Waals surface area contributed by atoms with Crippen LogP contribution in [0.1, 0.15) is 33.6 Å². The first-order valence-corrected chi connectivity index (χ1v) is 7.94. The van der Waals surface area contributed by atoms with Gasteiger partial charge in [-0.05, 0) is 57.8 Å². The molecule has 2 rings (SSSR count). The van der Waals surface area contributed by atoms with Crippen LogP contribution in [-0.2, 0) is 0 Å². The van der Waals surface area contributed by atoms with E-state index in [9.17, 15) is 0 Å². The molecule has 0 radical (unpaired) electrons. The minimum Gasteiger partial charge on any atom is -0.494 e. The van der Waals surface area contributed by atoms with Crippen LogP contribution in [0.5, 0.6) is 5.75 Å². The van der Waals surface area contributed by atoms with Crippen molar-refractivity contribution in [2.75, 3.05) is 31.6 Å². The van der Waals surface area contributed by atoms with Crippen LogP contribution in [0.2, 0.25) is 0 Å². The molecule has 0 spiro atoms. The van der Waals surface area contributed by atoms with E-state index in [1.54, 1.807) is 0 Å². The van der Waals surface area contributed by atoms with Crippen LogP contribution in [0.15, 0.2) is 24.3 Å². The van der Waals surface area contributed by atoms with Crippen molar-refractivity contribution in [1.29, 1.82) is 0 Å². The van der Waals surface area contributed by atoms with Crippen molar-refractivity contribution in [3.05, 3.63) is 24.3 Å². The molecule has 3 heteroatoms. The summed E-state index contributed by atoms with van der Waals surface area (Å²) in [4.78, 5) is 2.56. The van der Waals surface area contributed by atoms with Gasteiger partial charge in [0.25, 0.3) is 0 Å². The Kier molecular flexibility index (Phi) is 5.72. The van der Waals surface area contributed by atoms with Gasteiger partial charge in [-0.25, -0.2) is 0 Å². The molecule has 0 saturated carbocycles. The minimum atomic E-state index is 0.501. The average molecular weight is 276 g/mol. The zero-order valence-electron chi connectivity index (χ0n) is 13.1. The second kappa shape index (κ2) is 7.53. The lowest BCUT2D eigenvalue weighted by Crippen LogP contribution is -2.41. The van der Waals surface area contributed by atoms with E-state index < -0.39 is 0 Å². The predicted octanol–water partition coefficient (Wildman–Crippen LogP) is 3.62. The molecule has 1 fully saturated rings. The van der Waals surface area contributed by atoms with Crippen LogP contribution >= 0.6 is 0 Å². The van der Waals surface area contributed by atoms with E-state index in [1.807, 2.05) is 13.0 Å². The highest BCUT2D eigenvalue weighted by atomic mass is 16.5. The highest BCUT2D eigenvalue weighted by Crippen LogP contribution is 2.24. The van der Waals surface area contributed by atoms with Gasteiger partial charge in [0.05, 0.1) is 6.61 Å². The first-order chi connectivity index (χ1) is 9.72. The van der Waals surface area contributed by atoms with Crippen molar-refractivity contribution in [2.24, 2.45) is 5.92 Å². The summed E-state index contributed by atoms with van der Waals surface area (Å²) in [5.74, 6) is 1.68. The molecule has 112 valence electrons. The number of nitrogens with one attached hydrogen (secondary N) is 1. The Labute approximate surface area is 123 Å². The van der Waals surface area contributed by atoms with Gasteiger partial charge in [0.1, 0.15) is 5.75 Å². The molecule has 1 aliphatic heterocycles. The summed E-state index contributed by atoms with van der Waals surface area (Å²) in [6.07, 6.45) is 2.65. The van der Waals surface area contributed by atoms with E-state index in [-0.39, 0.29) is 0 Å². The maximum atomic E-state index is 5.56. The van der Waals surface area contributed by atoms with Crippen molar-refractivity contribution < 1.29 is 4.74 Å². The number of hydrogen-bond acceptors (Lipinski definition) is 3. The monoisotopic (exact) mass is 276 g/mol. The highest BCUT2D eigenvalue weighted by molar-refractivity contribution is 5.48. The third kappa shape index (κ3) is 4.14. The Balaban J connectivity index is 1.93. The highest BCUT2D eigenvalue weighted by Gasteiger charge is 2.23. The molecule has 1 aromatic carbocycles. The molecule has 3 nitrogen and oxygen atoms in total. The van der Waals surface area contributed by atoms with Crippen molar-refractivity contribution in [3.63, 3.8) is 0 Å². The van der Waals surface area contributed by atoms with Crippen molar-refractivity contribution in [1.82, 2.24) is 4.90 Å². The largest absolute Gasteiger partial charge is 0.494 e. The number of likely N-dealkylation sites (tertiary alicyclic amines) is 1. The van der Waals surface area contributed by atoms with E-state index in [4.69, 9.17) is 4.74 Å². The molecule has 1 aromatic rings. The zero-order chi connectivity index (χ0) is 14.4. The minimum absolute atomic E-state index is 0.501. The lowest BCUT2D eigenvalue weighted by molar-refractivity contribution is 0.172. The standard InChI is InChI=1S/C17H28N2O/c1-4-19-11-7-8-15(13-19)14(3)18-16-9-6-10-17(12-16)20-5-2/h6,9-10,12,14-15,18H,4-5,7-8,11,13H2,1-3H3. The van der Waals surface area contributed by atoms with Gasteiger partial charge < -0.3 is 15.0 Å². The number of ether oxygens (including phenoxy) is 1. The first kappa shape index (κ1) is 15.2. The summed E-state index contributed by atoms with van der Waals surface area (Å²) >= 11 is 0. The second-order valence-corrected chi connectivity index (χ2v) is 5.69. The van der Waals surface area contributed by atoms with E-state index in [0.717, 1.165) is 17.4 Å². The number of anilines is 1. The van der Waals surface area contributed by atoms with Gasteiger partial charge in [0.15, 0.2) is 0 Å². The molecule has 1 N–H and O–H groups in total. The molecule has 1 aliphatic rings. The number of benzene rings is 1. The predicted molar refractivity (Wildman–Crippen MR) is 85.5 cm³/mol. The summed E-state index contributed by atoms with van der Waals surface area (Å²) < 4.78 is 5.56. The molecule has 0 bridgehead atoms. The van der Waals surface area contributed by atoms with E-state index in [1.165, 1.54) is 32.5 Å². The summed E-state index contributed by atoms with van der Waals surface area (Å²) in [6, 6.07) is 8.79. The Morgan fingerprint density at radius 3 is 3.00 bits per heavy atom. The van der Waals surface area contributed by atoms with Gasteiger partial charge in [-0.3, -0.25) is 0 Å². The molecule has 1 heterocycles. The van der Waals surface area contributed by atoms with Crippen molar-refractivity contribution in [3.8, 4) is 5.75 Å². The molecule has 2 atom stereocenters. The third-order valence-corrected chi connectivity index (χ3v) is 4.24. The lowest BCUT2D eigenvalue weighted by atomic mass is 9.91. The fourth-order valence-electron chi connectivity index (χ4n) is 3.01. The zero-order valence-corrected chi connectivity index (χ0v) is 13.1. The Morgan fingerprint density at radius 1 is 1.40 bits per heavy atom. The van der Waals surface area contributed by atoms with Crippen LogP contribution in [0.25, 0.3) is 0 Å². The van der Waals surface area contributed by atoms with Crippen LogP contribution in [-0.4, -0.2) is 37.2 Å². The molecule has 1 saturated heterocycles. The maximum Gasteiger partial charge on any atom is 0.121 e. The second-order valence-electron chi connectivity index (χ2n) is 5.69. The normalized spacial score (nSPS) is 21.4. The summed E-state index contributed by atoms with van der Waals surface area (Å²) in [5, 5.41) is 3.65. The van der Waals surface area contributed by atoms with Crippen LogP contribution in [0.3, 0.4) is 0 Å². The van der Waals surface area contributed by atoms with Gasteiger partial charge in [0.2, 0.25) is 0 Å². The van der Waals surface area contributed by atoms with E-state index in [0.29, 0.717) is 12.6 Å². The van der Waals surface area contributed by atoms with Gasteiger partial charge >= 0.3 is 0 Å². The molecule has 20 heavy (non-hydrogen) atoms. The average Bonchev–Trinajstić information content (AvgIpc) is 2.48.